The molecule has 8 heteroatoms. The Morgan fingerprint density at radius 1 is 1.15 bits per heavy atom. The summed E-state index contributed by atoms with van der Waals surface area (Å²) in [6.45, 7) is 2.52. The van der Waals surface area contributed by atoms with Crippen LogP contribution in [-0.2, 0) is 0 Å². The fraction of sp³-hybridized carbons (Fsp3) is 0.263. The van der Waals surface area contributed by atoms with Crippen LogP contribution < -0.4 is 25.8 Å². The summed E-state index contributed by atoms with van der Waals surface area (Å²) in [4.78, 5) is 8.88. The summed E-state index contributed by atoms with van der Waals surface area (Å²) in [5.41, 5.74) is 7.80. The Morgan fingerprint density at radius 2 is 2.00 bits per heavy atom. The minimum absolute atomic E-state index is 0.357. The van der Waals surface area contributed by atoms with E-state index in [0.717, 1.165) is 34.3 Å². The maximum atomic E-state index is 5.98. The van der Waals surface area contributed by atoms with Gasteiger partial charge in [0.1, 0.15) is 0 Å². The predicted octanol–water partition coefficient (Wildman–Crippen LogP) is 3.30. The summed E-state index contributed by atoms with van der Waals surface area (Å²) in [6, 6.07) is 13.7. The van der Waals surface area contributed by atoms with Gasteiger partial charge < -0.3 is 25.8 Å². The van der Waals surface area contributed by atoms with E-state index >= 15 is 0 Å². The van der Waals surface area contributed by atoms with Gasteiger partial charge in [-0.3, -0.25) is 4.99 Å². The Labute approximate surface area is 161 Å². The van der Waals surface area contributed by atoms with E-state index in [9.17, 15) is 0 Å². The molecule has 2 heterocycles. The largest absolute Gasteiger partial charge is 0.490 e. The molecule has 0 fully saturated rings. The van der Waals surface area contributed by atoms with E-state index in [1.807, 2.05) is 36.4 Å². The second-order valence-corrected chi connectivity index (χ2v) is 7.05. The van der Waals surface area contributed by atoms with Crippen LogP contribution in [0.15, 0.2) is 47.5 Å². The van der Waals surface area contributed by atoms with Gasteiger partial charge in [-0.2, -0.15) is 0 Å². The Hall–Kier alpha value is -3.00. The van der Waals surface area contributed by atoms with Crippen LogP contribution in [0, 0.1) is 0 Å². The van der Waals surface area contributed by atoms with Gasteiger partial charge in [0.2, 0.25) is 0 Å². The molecule has 7 nitrogen and oxygen atoms in total. The number of rotatable bonds is 5. The topological polar surface area (TPSA) is 93.8 Å². The number of thiazole rings is 1. The first kappa shape index (κ1) is 17.4. The van der Waals surface area contributed by atoms with Gasteiger partial charge in [-0.1, -0.05) is 23.5 Å². The highest BCUT2D eigenvalue weighted by Crippen LogP contribution is 2.32. The number of para-hydroxylation sites is 1. The maximum Gasteiger partial charge on any atom is 0.193 e. The standard InChI is InChI=1S/C19H21N5O2S/c20-18(23-13-6-7-15-16(12-13)26-11-3-10-25-15)21-8-9-22-19-24-14-4-1-2-5-17(14)27-19/h1-2,4-7,12H,3,8-11H2,(H,22,24)(H3,20,21,23). The molecule has 140 valence electrons. The van der Waals surface area contributed by atoms with Crippen LogP contribution in [-0.4, -0.2) is 37.2 Å². The number of nitrogens with two attached hydrogens (primary N) is 1. The summed E-state index contributed by atoms with van der Waals surface area (Å²) in [6.07, 6.45) is 0.878. The fourth-order valence-corrected chi connectivity index (χ4v) is 3.61. The molecule has 0 saturated heterocycles. The lowest BCUT2D eigenvalue weighted by Crippen LogP contribution is -2.23. The number of guanidine groups is 1. The zero-order chi connectivity index (χ0) is 18.5. The third kappa shape index (κ3) is 4.40. The van der Waals surface area contributed by atoms with Gasteiger partial charge in [0, 0.05) is 24.7 Å². The van der Waals surface area contributed by atoms with Crippen LogP contribution in [0.4, 0.5) is 10.8 Å². The monoisotopic (exact) mass is 383 g/mol. The molecule has 0 unspecified atom stereocenters. The molecule has 0 spiro atoms. The van der Waals surface area contributed by atoms with Crippen molar-refractivity contribution < 1.29 is 9.47 Å². The first-order chi connectivity index (χ1) is 13.3. The molecule has 27 heavy (non-hydrogen) atoms. The summed E-state index contributed by atoms with van der Waals surface area (Å²) in [5.74, 6) is 1.84. The first-order valence-corrected chi connectivity index (χ1v) is 9.66. The smallest absolute Gasteiger partial charge is 0.193 e. The number of ether oxygens (including phenoxy) is 2. The van der Waals surface area contributed by atoms with E-state index in [2.05, 4.69) is 26.7 Å². The normalized spacial score (nSPS) is 14.0. The number of hydrogen-bond donors (Lipinski definition) is 3. The molecule has 4 rings (SSSR count). The second kappa shape index (κ2) is 8.13. The molecular weight excluding hydrogens is 362 g/mol. The zero-order valence-electron chi connectivity index (χ0n) is 14.8. The summed E-state index contributed by atoms with van der Waals surface area (Å²) < 4.78 is 12.5. The van der Waals surface area contributed by atoms with Gasteiger partial charge in [0.05, 0.1) is 30.0 Å². The number of nitrogens with one attached hydrogen (secondary N) is 2. The van der Waals surface area contributed by atoms with Gasteiger partial charge in [0.15, 0.2) is 22.6 Å². The van der Waals surface area contributed by atoms with Crippen molar-refractivity contribution >= 4 is 38.3 Å². The van der Waals surface area contributed by atoms with Crippen LogP contribution in [0.25, 0.3) is 10.2 Å². The molecule has 1 aliphatic heterocycles. The average molecular weight is 383 g/mol. The van der Waals surface area contributed by atoms with Crippen LogP contribution in [0.1, 0.15) is 6.42 Å². The van der Waals surface area contributed by atoms with E-state index in [1.165, 1.54) is 4.70 Å². The molecule has 0 aliphatic carbocycles. The molecule has 0 atom stereocenters. The van der Waals surface area contributed by atoms with Gasteiger partial charge in [0.25, 0.3) is 0 Å². The lowest BCUT2D eigenvalue weighted by Gasteiger charge is -2.10. The zero-order valence-corrected chi connectivity index (χ0v) is 15.6. The van der Waals surface area contributed by atoms with Crippen LogP contribution in [0.2, 0.25) is 0 Å². The molecule has 0 saturated carbocycles. The lowest BCUT2D eigenvalue weighted by molar-refractivity contribution is 0.297. The number of benzene rings is 2. The number of nitrogens with zero attached hydrogens (tertiary/aromatic N) is 2. The van der Waals surface area contributed by atoms with Gasteiger partial charge in [-0.25, -0.2) is 4.98 Å². The first-order valence-electron chi connectivity index (χ1n) is 8.84. The highest BCUT2D eigenvalue weighted by Gasteiger charge is 2.10. The third-order valence-corrected chi connectivity index (χ3v) is 4.98. The lowest BCUT2D eigenvalue weighted by atomic mass is 10.3. The quantitative estimate of drug-likeness (QED) is 0.356. The minimum Gasteiger partial charge on any atom is -0.490 e. The van der Waals surface area contributed by atoms with E-state index in [0.29, 0.717) is 32.3 Å². The van der Waals surface area contributed by atoms with Gasteiger partial charge in [-0.05, 0) is 24.3 Å². The highest BCUT2D eigenvalue weighted by molar-refractivity contribution is 7.22. The van der Waals surface area contributed by atoms with Crippen molar-refractivity contribution in [2.24, 2.45) is 10.7 Å². The van der Waals surface area contributed by atoms with Crippen molar-refractivity contribution in [3.8, 4) is 11.5 Å². The van der Waals surface area contributed by atoms with Crippen LogP contribution >= 0.6 is 11.3 Å². The number of hydrogen-bond acceptors (Lipinski definition) is 6. The molecule has 3 aromatic rings. The van der Waals surface area contributed by atoms with Crippen LogP contribution in [0.5, 0.6) is 11.5 Å². The molecule has 1 aliphatic rings. The van der Waals surface area contributed by atoms with E-state index in [1.54, 1.807) is 11.3 Å². The molecule has 0 radical (unpaired) electrons. The fourth-order valence-electron chi connectivity index (χ4n) is 2.72. The molecule has 0 amide bonds. The van der Waals surface area contributed by atoms with Gasteiger partial charge in [-0.15, -0.1) is 0 Å². The molecule has 4 N–H and O–H groups in total. The Balaban J connectivity index is 1.30. The summed E-state index contributed by atoms with van der Waals surface area (Å²) in [5, 5.41) is 7.26. The summed E-state index contributed by atoms with van der Waals surface area (Å²) in [7, 11) is 0. The van der Waals surface area contributed by atoms with E-state index < -0.39 is 0 Å². The SMILES string of the molecule is NC(=NCCNc1nc2ccccc2s1)Nc1ccc2c(c1)OCCCO2. The van der Waals surface area contributed by atoms with Crippen molar-refractivity contribution in [3.05, 3.63) is 42.5 Å². The molecule has 2 aromatic carbocycles. The van der Waals surface area contributed by atoms with Crippen molar-refractivity contribution in [3.63, 3.8) is 0 Å². The molecular formula is C19H21N5O2S. The number of aliphatic imine (C=N–C) groups is 1. The summed E-state index contributed by atoms with van der Waals surface area (Å²) >= 11 is 1.63. The highest BCUT2D eigenvalue weighted by atomic mass is 32.1. The number of fused-ring (bicyclic) bond motifs is 2. The maximum absolute atomic E-state index is 5.98. The Kier molecular flexibility index (Phi) is 5.24. The Morgan fingerprint density at radius 3 is 2.89 bits per heavy atom. The van der Waals surface area contributed by atoms with Crippen molar-refractivity contribution in [1.29, 1.82) is 0 Å². The molecule has 1 aromatic heterocycles. The number of aromatic nitrogens is 1. The predicted molar refractivity (Wildman–Crippen MR) is 110 cm³/mol. The van der Waals surface area contributed by atoms with Crippen molar-refractivity contribution in [2.75, 3.05) is 36.9 Å². The molecule has 0 bridgehead atoms. The van der Waals surface area contributed by atoms with Crippen molar-refractivity contribution in [2.45, 2.75) is 6.42 Å². The Bertz CT molecular complexity index is 923. The number of anilines is 2. The van der Waals surface area contributed by atoms with Gasteiger partial charge >= 0.3 is 0 Å². The van der Waals surface area contributed by atoms with E-state index in [4.69, 9.17) is 15.2 Å². The average Bonchev–Trinajstić information content (AvgIpc) is 2.95. The van der Waals surface area contributed by atoms with Crippen molar-refractivity contribution in [1.82, 2.24) is 4.98 Å². The second-order valence-electron chi connectivity index (χ2n) is 6.02. The van der Waals surface area contributed by atoms with E-state index in [-0.39, 0.29) is 0 Å². The third-order valence-electron chi connectivity index (χ3n) is 3.98. The minimum atomic E-state index is 0.357. The van der Waals surface area contributed by atoms with Crippen LogP contribution in [0.3, 0.4) is 0 Å².